The molecule has 1 N–H and O–H groups in total. The summed E-state index contributed by atoms with van der Waals surface area (Å²) in [5.74, 6) is -0.571. The molecule has 0 fully saturated rings. The molecule has 0 amide bonds. The maximum absolute atomic E-state index is 10.8. The summed E-state index contributed by atoms with van der Waals surface area (Å²) in [6.45, 7) is 6.79. The van der Waals surface area contributed by atoms with E-state index in [9.17, 15) is 9.36 Å². The standard InChI is InChI=1S/C9H15O5P/c1-4-8(10)13-7-9(5-2,6-3)14-15(11)12/h4H,1,5-7H2,2-3H3/p+1. The first-order valence-corrected chi connectivity index (χ1v) is 5.77. The lowest BCUT2D eigenvalue weighted by Gasteiger charge is -2.23. The second-order valence-corrected chi connectivity index (χ2v) is 3.69. The van der Waals surface area contributed by atoms with Crippen LogP contribution in [0.4, 0.5) is 0 Å². The Morgan fingerprint density at radius 3 is 2.40 bits per heavy atom. The first kappa shape index (κ1) is 14.2. The third kappa shape index (κ3) is 5.02. The van der Waals surface area contributed by atoms with Crippen molar-refractivity contribution in [1.29, 1.82) is 0 Å². The second-order valence-electron chi connectivity index (χ2n) is 3.03. The van der Waals surface area contributed by atoms with Crippen molar-refractivity contribution in [2.75, 3.05) is 6.61 Å². The molecule has 0 saturated heterocycles. The number of hydrogen-bond acceptors (Lipinski definition) is 4. The molecule has 0 spiro atoms. The van der Waals surface area contributed by atoms with Gasteiger partial charge in [-0.1, -0.05) is 20.4 Å². The van der Waals surface area contributed by atoms with Crippen LogP contribution in [0.15, 0.2) is 12.7 Å². The molecule has 0 aromatic heterocycles. The summed E-state index contributed by atoms with van der Waals surface area (Å²) in [5, 5.41) is 0. The van der Waals surface area contributed by atoms with Crippen LogP contribution in [0.2, 0.25) is 0 Å². The fraction of sp³-hybridized carbons (Fsp3) is 0.667. The lowest BCUT2D eigenvalue weighted by Crippen LogP contribution is -2.35. The Bertz CT molecular complexity index is 247. The van der Waals surface area contributed by atoms with Gasteiger partial charge in [0.05, 0.1) is 0 Å². The zero-order valence-electron chi connectivity index (χ0n) is 8.93. The summed E-state index contributed by atoms with van der Waals surface area (Å²) >= 11 is 0. The highest BCUT2D eigenvalue weighted by Crippen LogP contribution is 2.31. The quantitative estimate of drug-likeness (QED) is 0.414. The Labute approximate surface area is 90.0 Å². The Hall–Kier alpha value is -0.770. The second kappa shape index (κ2) is 6.67. The summed E-state index contributed by atoms with van der Waals surface area (Å²) in [6.07, 6.45) is 2.00. The lowest BCUT2D eigenvalue weighted by molar-refractivity contribution is -0.144. The minimum atomic E-state index is -2.70. The molecule has 0 radical (unpaired) electrons. The normalized spacial score (nSPS) is 12.1. The molecule has 0 aromatic rings. The van der Waals surface area contributed by atoms with Crippen LogP contribution in [0, 0.1) is 0 Å². The van der Waals surface area contributed by atoms with Gasteiger partial charge in [-0.25, -0.2) is 4.79 Å². The van der Waals surface area contributed by atoms with Gasteiger partial charge < -0.3 is 4.74 Å². The molecule has 1 atom stereocenters. The van der Waals surface area contributed by atoms with Crippen LogP contribution in [0.1, 0.15) is 26.7 Å². The Morgan fingerprint density at radius 1 is 1.53 bits per heavy atom. The van der Waals surface area contributed by atoms with Crippen molar-refractivity contribution < 1.29 is 23.5 Å². The molecule has 0 aromatic carbocycles. The zero-order chi connectivity index (χ0) is 11.9. The van der Waals surface area contributed by atoms with E-state index in [0.29, 0.717) is 12.8 Å². The van der Waals surface area contributed by atoms with E-state index in [1.807, 2.05) is 0 Å². The average molecular weight is 235 g/mol. The third-order valence-electron chi connectivity index (χ3n) is 2.20. The number of esters is 1. The van der Waals surface area contributed by atoms with E-state index >= 15 is 0 Å². The molecule has 0 bridgehead atoms. The Morgan fingerprint density at radius 2 is 2.07 bits per heavy atom. The van der Waals surface area contributed by atoms with Crippen LogP contribution in [-0.2, 0) is 18.6 Å². The van der Waals surface area contributed by atoms with Crippen LogP contribution in [0.25, 0.3) is 0 Å². The van der Waals surface area contributed by atoms with Crippen molar-refractivity contribution >= 4 is 14.2 Å². The van der Waals surface area contributed by atoms with Crippen LogP contribution in [0.3, 0.4) is 0 Å². The third-order valence-corrected chi connectivity index (χ3v) is 2.75. The highest BCUT2D eigenvalue weighted by Gasteiger charge is 2.38. The van der Waals surface area contributed by atoms with Gasteiger partial charge in [0, 0.05) is 10.6 Å². The SMILES string of the molecule is C=CC(=O)OCC(CC)(CC)O[P+](=O)O. The molecule has 0 rings (SSSR count). The van der Waals surface area contributed by atoms with Gasteiger partial charge in [-0.15, -0.1) is 9.42 Å². The number of carbonyl (C=O) groups is 1. The first-order chi connectivity index (χ1) is 6.99. The van der Waals surface area contributed by atoms with Crippen molar-refractivity contribution in [2.24, 2.45) is 0 Å². The number of rotatable bonds is 7. The summed E-state index contributed by atoms with van der Waals surface area (Å²) in [5.41, 5.74) is -0.888. The smallest absolute Gasteiger partial charge is 0.459 e. The van der Waals surface area contributed by atoms with E-state index in [-0.39, 0.29) is 6.61 Å². The van der Waals surface area contributed by atoms with Crippen molar-refractivity contribution in [3.8, 4) is 0 Å². The summed E-state index contributed by atoms with van der Waals surface area (Å²) in [6, 6.07) is 0. The van der Waals surface area contributed by atoms with E-state index in [2.05, 4.69) is 6.58 Å². The zero-order valence-corrected chi connectivity index (χ0v) is 9.83. The van der Waals surface area contributed by atoms with Gasteiger partial charge in [0.15, 0.2) is 5.60 Å². The highest BCUT2D eigenvalue weighted by atomic mass is 31.1. The first-order valence-electron chi connectivity index (χ1n) is 4.64. The molecule has 0 saturated carbocycles. The molecule has 1 unspecified atom stereocenters. The fourth-order valence-electron chi connectivity index (χ4n) is 1.04. The molecule has 0 aliphatic rings. The van der Waals surface area contributed by atoms with E-state index in [0.717, 1.165) is 6.08 Å². The topological polar surface area (TPSA) is 72.8 Å². The van der Waals surface area contributed by atoms with E-state index in [4.69, 9.17) is 14.2 Å². The number of hydrogen-bond donors (Lipinski definition) is 1. The van der Waals surface area contributed by atoms with Gasteiger partial charge in [-0.3, -0.25) is 0 Å². The van der Waals surface area contributed by atoms with E-state index in [1.54, 1.807) is 13.8 Å². The van der Waals surface area contributed by atoms with Gasteiger partial charge in [0.2, 0.25) is 0 Å². The fourth-order valence-corrected chi connectivity index (χ4v) is 1.68. The molecule has 0 aliphatic carbocycles. The van der Waals surface area contributed by atoms with Crippen LogP contribution < -0.4 is 0 Å². The number of ether oxygens (including phenoxy) is 1. The van der Waals surface area contributed by atoms with Crippen molar-refractivity contribution in [2.45, 2.75) is 32.3 Å². The molecule has 0 aliphatic heterocycles. The molecule has 0 heterocycles. The minimum absolute atomic E-state index is 0.0491. The van der Waals surface area contributed by atoms with Gasteiger partial charge in [0.1, 0.15) is 6.61 Å². The molecule has 5 nitrogen and oxygen atoms in total. The van der Waals surface area contributed by atoms with Crippen LogP contribution in [0.5, 0.6) is 0 Å². The molecular weight excluding hydrogens is 219 g/mol. The lowest BCUT2D eigenvalue weighted by atomic mass is 9.99. The maximum Gasteiger partial charge on any atom is 0.695 e. The maximum atomic E-state index is 10.8. The van der Waals surface area contributed by atoms with Gasteiger partial charge >= 0.3 is 14.2 Å². The largest absolute Gasteiger partial charge is 0.695 e. The monoisotopic (exact) mass is 235 g/mol. The minimum Gasteiger partial charge on any atom is -0.459 e. The van der Waals surface area contributed by atoms with E-state index in [1.165, 1.54) is 0 Å². The van der Waals surface area contributed by atoms with Crippen LogP contribution >= 0.6 is 8.25 Å². The predicted octanol–water partition coefficient (Wildman–Crippen LogP) is 1.94. The Balaban J connectivity index is 4.42. The highest BCUT2D eigenvalue weighted by molar-refractivity contribution is 7.32. The van der Waals surface area contributed by atoms with E-state index < -0.39 is 19.8 Å². The predicted molar refractivity (Wildman–Crippen MR) is 55.4 cm³/mol. The van der Waals surface area contributed by atoms with Crippen molar-refractivity contribution in [3.63, 3.8) is 0 Å². The molecule has 6 heteroatoms. The number of carbonyl (C=O) groups excluding carboxylic acids is 1. The Kier molecular flexibility index (Phi) is 6.32. The van der Waals surface area contributed by atoms with Gasteiger partial charge in [-0.05, 0) is 12.8 Å². The van der Waals surface area contributed by atoms with Crippen molar-refractivity contribution in [1.82, 2.24) is 0 Å². The van der Waals surface area contributed by atoms with Crippen molar-refractivity contribution in [3.05, 3.63) is 12.7 Å². The van der Waals surface area contributed by atoms with Crippen LogP contribution in [-0.4, -0.2) is 23.1 Å². The molecule has 15 heavy (non-hydrogen) atoms. The molecular formula is C9H16O5P+. The molecule has 86 valence electrons. The van der Waals surface area contributed by atoms with Gasteiger partial charge in [0.25, 0.3) is 0 Å². The summed E-state index contributed by atoms with van der Waals surface area (Å²) < 4.78 is 20.3. The van der Waals surface area contributed by atoms with Gasteiger partial charge in [-0.2, -0.15) is 0 Å². The summed E-state index contributed by atoms with van der Waals surface area (Å²) in [4.78, 5) is 19.5. The average Bonchev–Trinajstić information content (AvgIpc) is 2.23. The summed E-state index contributed by atoms with van der Waals surface area (Å²) in [7, 11) is -2.70.